The first-order chi connectivity index (χ1) is 8.33. The highest BCUT2D eigenvalue weighted by atomic mass is 16.7. The smallest absolute Gasteiger partial charge is 0.280 e. The topological polar surface area (TPSA) is 72.6 Å². The zero-order chi connectivity index (χ0) is 12.1. The number of benzene rings is 1. The Kier molecular flexibility index (Phi) is 3.44. The molecule has 0 aliphatic carbocycles. The van der Waals surface area contributed by atoms with Gasteiger partial charge in [0.15, 0.2) is 12.3 Å². The van der Waals surface area contributed by atoms with Gasteiger partial charge in [-0.3, -0.25) is 0 Å². The van der Waals surface area contributed by atoms with E-state index >= 15 is 0 Å². The van der Waals surface area contributed by atoms with Gasteiger partial charge in [0.2, 0.25) is 7.11 Å². The predicted octanol–water partition coefficient (Wildman–Crippen LogP) is 1.14. The van der Waals surface area contributed by atoms with E-state index in [1.807, 2.05) is 0 Å². The van der Waals surface area contributed by atoms with Crippen molar-refractivity contribution in [2.45, 2.75) is 0 Å². The van der Waals surface area contributed by atoms with E-state index in [1.165, 1.54) is 6.07 Å². The summed E-state index contributed by atoms with van der Waals surface area (Å²) in [5, 5.41) is 17.0. The summed E-state index contributed by atoms with van der Waals surface area (Å²) in [5.74, 6) is 0.128. The second-order valence-corrected chi connectivity index (χ2v) is 3.14. The Morgan fingerprint density at radius 3 is 2.88 bits per heavy atom. The van der Waals surface area contributed by atoms with Crippen LogP contribution in [0.15, 0.2) is 34.6 Å². The number of aromatic hydroxyl groups is 1. The molecule has 0 amide bonds. The fourth-order valence-corrected chi connectivity index (χ4v) is 1.35. The summed E-state index contributed by atoms with van der Waals surface area (Å²) >= 11 is 0. The summed E-state index contributed by atoms with van der Waals surface area (Å²) in [6, 6.07) is 6.55. The summed E-state index contributed by atoms with van der Waals surface area (Å²) in [6.45, 7) is 0.705. The zero-order valence-corrected chi connectivity index (χ0v) is 8.87. The lowest BCUT2D eigenvalue weighted by atomic mass is 10.1. The molecule has 1 aromatic rings. The maximum absolute atomic E-state index is 9.71. The van der Waals surface area contributed by atoms with Crippen LogP contribution in [-0.2, 0) is 14.4 Å². The Morgan fingerprint density at radius 2 is 2.24 bits per heavy atom. The molecule has 88 valence electrons. The van der Waals surface area contributed by atoms with Crippen LogP contribution < -0.4 is 0 Å². The molecule has 1 aliphatic heterocycles. The van der Waals surface area contributed by atoms with Gasteiger partial charge in [0.1, 0.15) is 12.4 Å². The zero-order valence-electron chi connectivity index (χ0n) is 8.87. The average molecular weight is 234 g/mol. The molecule has 1 heterocycles. The van der Waals surface area contributed by atoms with Gasteiger partial charge >= 0.3 is 0 Å². The predicted molar refractivity (Wildman–Crippen MR) is 59.4 cm³/mol. The number of nitrogens with zero attached hydrogens (tertiary/aromatic N) is 2. The number of hydrogen-bond acceptors (Lipinski definition) is 6. The Morgan fingerprint density at radius 1 is 1.41 bits per heavy atom. The van der Waals surface area contributed by atoms with Crippen molar-refractivity contribution in [1.29, 1.82) is 0 Å². The van der Waals surface area contributed by atoms with Crippen LogP contribution in [0.5, 0.6) is 5.75 Å². The highest BCUT2D eigenvalue weighted by Crippen LogP contribution is 2.18. The van der Waals surface area contributed by atoms with Crippen molar-refractivity contribution in [3.8, 4) is 5.75 Å². The first-order valence-corrected chi connectivity index (χ1v) is 4.88. The van der Waals surface area contributed by atoms with E-state index in [0.717, 1.165) is 0 Å². The van der Waals surface area contributed by atoms with Crippen molar-refractivity contribution in [2.75, 3.05) is 13.2 Å². The molecule has 1 aliphatic rings. The van der Waals surface area contributed by atoms with Gasteiger partial charge in [-0.2, -0.15) is 0 Å². The van der Waals surface area contributed by atoms with Gasteiger partial charge in [0.25, 0.3) is 5.90 Å². The number of rotatable bonds is 3. The van der Waals surface area contributed by atoms with Crippen LogP contribution in [0, 0.1) is 7.11 Å². The molecule has 0 aromatic heterocycles. The van der Waals surface area contributed by atoms with Gasteiger partial charge in [-0.1, -0.05) is 17.3 Å². The summed E-state index contributed by atoms with van der Waals surface area (Å²) in [4.78, 5) is 9.10. The van der Waals surface area contributed by atoms with Crippen molar-refractivity contribution < 1.29 is 19.5 Å². The number of phenolic OH excluding ortho intramolecular Hbond substituents is 1. The van der Waals surface area contributed by atoms with E-state index in [2.05, 4.69) is 15.1 Å². The van der Waals surface area contributed by atoms with Crippen LogP contribution in [0.3, 0.4) is 0 Å². The molecular weight excluding hydrogens is 224 g/mol. The van der Waals surface area contributed by atoms with E-state index in [4.69, 9.17) is 16.7 Å². The molecule has 0 unspecified atom stereocenters. The molecule has 2 radical (unpaired) electrons. The first kappa shape index (κ1) is 11.3. The molecule has 0 bridgehead atoms. The second kappa shape index (κ2) is 5.20. The Hall–Kier alpha value is -2.24. The Balaban J connectivity index is 2.39. The number of phenols is 1. The van der Waals surface area contributed by atoms with Gasteiger partial charge < -0.3 is 19.5 Å². The molecule has 1 aromatic carbocycles. The molecule has 0 saturated heterocycles. The lowest BCUT2D eigenvalue weighted by Gasteiger charge is -2.15. The number of para-hydroxylation sites is 1. The van der Waals surface area contributed by atoms with E-state index in [-0.39, 0.29) is 17.4 Å². The molecule has 2 rings (SSSR count). The van der Waals surface area contributed by atoms with Crippen LogP contribution in [0.2, 0.25) is 0 Å². The maximum atomic E-state index is 9.71. The summed E-state index contributed by atoms with van der Waals surface area (Å²) in [7, 11) is 4.90. The quantitative estimate of drug-likeness (QED) is 0.628. The van der Waals surface area contributed by atoms with Gasteiger partial charge in [0.05, 0.1) is 5.56 Å². The summed E-state index contributed by atoms with van der Waals surface area (Å²) < 4.78 is 5.25. The third-order valence-electron chi connectivity index (χ3n) is 2.07. The van der Waals surface area contributed by atoms with Crippen molar-refractivity contribution in [2.24, 2.45) is 10.3 Å². The fourth-order valence-electron chi connectivity index (χ4n) is 1.35. The number of hydrogen-bond donors (Lipinski definition) is 1. The number of ether oxygens (including phenoxy) is 1. The average Bonchev–Trinajstić information content (AvgIpc) is 2.38. The number of oxime groups is 2. The molecule has 0 fully saturated rings. The molecule has 6 heteroatoms. The van der Waals surface area contributed by atoms with Crippen LogP contribution in [0.1, 0.15) is 5.56 Å². The second-order valence-electron chi connectivity index (χ2n) is 3.14. The highest BCUT2D eigenvalue weighted by Gasteiger charge is 2.21. The Bertz CT molecular complexity index is 457. The third kappa shape index (κ3) is 2.47. The third-order valence-corrected chi connectivity index (χ3v) is 2.07. The van der Waals surface area contributed by atoms with Crippen LogP contribution in [-0.4, -0.2) is 29.9 Å². The Labute approximate surface area is 98.1 Å². The molecule has 0 atom stereocenters. The molecule has 17 heavy (non-hydrogen) atoms. The minimum Gasteiger partial charge on any atom is -0.507 e. The highest BCUT2D eigenvalue weighted by molar-refractivity contribution is 6.45. The lowest BCUT2D eigenvalue weighted by molar-refractivity contribution is 0.0673. The van der Waals surface area contributed by atoms with Crippen molar-refractivity contribution >= 4 is 11.6 Å². The van der Waals surface area contributed by atoms with Crippen LogP contribution in [0.4, 0.5) is 0 Å². The lowest BCUT2D eigenvalue weighted by Crippen LogP contribution is -2.25. The van der Waals surface area contributed by atoms with E-state index in [1.54, 1.807) is 18.2 Å². The summed E-state index contributed by atoms with van der Waals surface area (Å²) in [6.07, 6.45) is 0. The van der Waals surface area contributed by atoms with E-state index < -0.39 is 0 Å². The maximum Gasteiger partial charge on any atom is 0.280 e. The minimum absolute atomic E-state index is 0.0140. The van der Waals surface area contributed by atoms with Gasteiger partial charge in [-0.05, 0) is 17.3 Å². The molecule has 1 N–H and O–H groups in total. The minimum atomic E-state index is 0.0140. The van der Waals surface area contributed by atoms with Crippen LogP contribution >= 0.6 is 0 Å². The van der Waals surface area contributed by atoms with E-state index in [0.29, 0.717) is 18.8 Å². The SMILES string of the molecule is [CH]O/N=C(/C1=NOCCO1)c1ccccc1O. The normalized spacial score (nSPS) is 15.6. The van der Waals surface area contributed by atoms with E-state index in [9.17, 15) is 5.11 Å². The van der Waals surface area contributed by atoms with Crippen molar-refractivity contribution in [3.05, 3.63) is 36.9 Å². The molecule has 0 spiro atoms. The van der Waals surface area contributed by atoms with Gasteiger partial charge in [-0.15, -0.1) is 0 Å². The molecular formula is C11H10N2O4. The largest absolute Gasteiger partial charge is 0.507 e. The van der Waals surface area contributed by atoms with Gasteiger partial charge in [0, 0.05) is 0 Å². The molecule has 0 saturated carbocycles. The fraction of sp³-hybridized carbons (Fsp3) is 0.182. The van der Waals surface area contributed by atoms with Crippen molar-refractivity contribution in [1.82, 2.24) is 0 Å². The van der Waals surface area contributed by atoms with Crippen LogP contribution in [0.25, 0.3) is 0 Å². The molecule has 6 nitrogen and oxygen atoms in total. The van der Waals surface area contributed by atoms with Gasteiger partial charge in [-0.25, -0.2) is 0 Å². The summed E-state index contributed by atoms with van der Waals surface area (Å²) in [5.41, 5.74) is 0.563. The first-order valence-electron chi connectivity index (χ1n) is 4.88. The monoisotopic (exact) mass is 234 g/mol. The van der Waals surface area contributed by atoms with Crippen molar-refractivity contribution in [3.63, 3.8) is 0 Å². The standard InChI is InChI=1S/C11H10N2O4/c1-15-12-10(11-13-17-7-6-16-11)8-4-2-3-5-9(8)14/h1-5,14H,6-7H2/b12-10+.